The molecule has 1 saturated heterocycles. The van der Waals surface area contributed by atoms with Gasteiger partial charge in [0, 0.05) is 12.1 Å². The number of hydrogen-bond acceptors (Lipinski definition) is 5. The summed E-state index contributed by atoms with van der Waals surface area (Å²) in [6, 6.07) is 15.5. The average molecular weight is 449 g/mol. The summed E-state index contributed by atoms with van der Waals surface area (Å²) in [4.78, 5) is 30.0. The number of aliphatic hydroxyl groups is 1. The molecule has 0 aromatic heterocycles. The first-order chi connectivity index (χ1) is 16.0. The van der Waals surface area contributed by atoms with Gasteiger partial charge in [0.05, 0.1) is 11.6 Å². The number of benzene rings is 2. The molecule has 1 aliphatic heterocycles. The molecule has 0 radical (unpaired) electrons. The number of Topliss-reactive ketones (excluding diaryl/α,β-unsaturated/α-hetero) is 1. The van der Waals surface area contributed by atoms with E-state index in [9.17, 15) is 14.7 Å². The number of ketones is 1. The number of ether oxygens (including phenoxy) is 1. The van der Waals surface area contributed by atoms with E-state index in [-0.39, 0.29) is 11.3 Å². The van der Waals surface area contributed by atoms with Crippen LogP contribution in [0.5, 0.6) is 5.75 Å². The SMILES string of the molecule is C=CCOc1ccc([C@@H]2/C(=C(\O)c3ccccc3)C(=O)C(=O)N2CCCN(CC)CC)cc1. The molecule has 33 heavy (non-hydrogen) atoms. The van der Waals surface area contributed by atoms with Gasteiger partial charge in [-0.05, 0) is 43.8 Å². The first-order valence-corrected chi connectivity index (χ1v) is 11.4. The topological polar surface area (TPSA) is 70.1 Å². The summed E-state index contributed by atoms with van der Waals surface area (Å²) in [6.45, 7) is 11.4. The zero-order chi connectivity index (χ0) is 23.8. The molecule has 0 bridgehead atoms. The van der Waals surface area contributed by atoms with E-state index < -0.39 is 17.7 Å². The second kappa shape index (κ2) is 11.5. The molecule has 2 aromatic carbocycles. The van der Waals surface area contributed by atoms with E-state index in [1.807, 2.05) is 18.2 Å². The van der Waals surface area contributed by atoms with Gasteiger partial charge in [0.25, 0.3) is 11.7 Å². The summed E-state index contributed by atoms with van der Waals surface area (Å²) in [5.74, 6) is -0.724. The van der Waals surface area contributed by atoms with Crippen LogP contribution in [-0.4, -0.2) is 59.4 Å². The molecule has 3 rings (SSSR count). The molecular weight excluding hydrogens is 416 g/mol. The third-order valence-corrected chi connectivity index (χ3v) is 5.92. The van der Waals surface area contributed by atoms with Crippen LogP contribution in [0.25, 0.3) is 5.76 Å². The van der Waals surface area contributed by atoms with Crippen molar-refractivity contribution in [2.24, 2.45) is 0 Å². The van der Waals surface area contributed by atoms with Crippen molar-refractivity contribution in [3.05, 3.63) is 84.0 Å². The molecule has 0 unspecified atom stereocenters. The third kappa shape index (κ3) is 5.52. The number of hydrogen-bond donors (Lipinski definition) is 1. The van der Waals surface area contributed by atoms with Gasteiger partial charge < -0.3 is 19.6 Å². The fraction of sp³-hybridized carbons (Fsp3) is 0.333. The third-order valence-electron chi connectivity index (χ3n) is 5.92. The highest BCUT2D eigenvalue weighted by molar-refractivity contribution is 6.46. The van der Waals surface area contributed by atoms with Crippen molar-refractivity contribution < 1.29 is 19.4 Å². The van der Waals surface area contributed by atoms with Crippen molar-refractivity contribution in [1.29, 1.82) is 0 Å². The Morgan fingerprint density at radius 1 is 1.09 bits per heavy atom. The van der Waals surface area contributed by atoms with E-state index >= 15 is 0 Å². The number of likely N-dealkylation sites (tertiary alicyclic amines) is 1. The average Bonchev–Trinajstić information content (AvgIpc) is 3.10. The van der Waals surface area contributed by atoms with Crippen molar-refractivity contribution in [3.63, 3.8) is 0 Å². The quantitative estimate of drug-likeness (QED) is 0.239. The number of amides is 1. The first-order valence-electron chi connectivity index (χ1n) is 11.4. The van der Waals surface area contributed by atoms with Gasteiger partial charge in [-0.3, -0.25) is 9.59 Å². The molecule has 0 saturated carbocycles. The predicted molar refractivity (Wildman–Crippen MR) is 130 cm³/mol. The molecule has 1 heterocycles. The van der Waals surface area contributed by atoms with E-state index in [4.69, 9.17) is 4.74 Å². The highest BCUT2D eigenvalue weighted by atomic mass is 16.5. The Kier molecular flexibility index (Phi) is 8.44. The van der Waals surface area contributed by atoms with Gasteiger partial charge >= 0.3 is 0 Å². The van der Waals surface area contributed by atoms with Crippen LogP contribution in [0.3, 0.4) is 0 Å². The van der Waals surface area contributed by atoms with Gasteiger partial charge in [-0.1, -0.05) is 69.0 Å². The first kappa shape index (κ1) is 24.3. The van der Waals surface area contributed by atoms with Gasteiger partial charge in [0.2, 0.25) is 0 Å². The number of carbonyl (C=O) groups excluding carboxylic acids is 2. The maximum Gasteiger partial charge on any atom is 0.295 e. The molecule has 1 atom stereocenters. The number of aliphatic hydroxyl groups excluding tert-OH is 1. The fourth-order valence-electron chi connectivity index (χ4n) is 4.11. The Morgan fingerprint density at radius 3 is 2.36 bits per heavy atom. The zero-order valence-electron chi connectivity index (χ0n) is 19.4. The van der Waals surface area contributed by atoms with Crippen molar-refractivity contribution in [3.8, 4) is 5.75 Å². The monoisotopic (exact) mass is 448 g/mol. The standard InChI is InChI=1S/C27H32N2O4/c1-4-19-33-22-15-13-20(14-16-22)24-23(25(30)21-11-8-7-9-12-21)26(31)27(32)29(24)18-10-17-28(5-2)6-3/h4,7-9,11-16,24,30H,1,5-6,10,17-19H2,2-3H3/b25-23+/t24-/m1/s1. The lowest BCUT2D eigenvalue weighted by atomic mass is 9.95. The number of carbonyl (C=O) groups is 2. The number of rotatable bonds is 11. The van der Waals surface area contributed by atoms with Crippen LogP contribution in [0.1, 0.15) is 37.4 Å². The molecule has 174 valence electrons. The Balaban J connectivity index is 1.98. The Labute approximate surface area is 195 Å². The molecule has 1 fully saturated rings. The minimum absolute atomic E-state index is 0.119. The molecule has 1 N–H and O–H groups in total. The Bertz CT molecular complexity index is 995. The van der Waals surface area contributed by atoms with Crippen molar-refractivity contribution in [2.75, 3.05) is 32.8 Å². The fourth-order valence-corrected chi connectivity index (χ4v) is 4.11. The second-order valence-electron chi connectivity index (χ2n) is 7.91. The molecule has 6 heteroatoms. The normalized spacial score (nSPS) is 17.5. The highest BCUT2D eigenvalue weighted by Gasteiger charge is 2.45. The van der Waals surface area contributed by atoms with E-state index in [2.05, 4.69) is 25.3 Å². The van der Waals surface area contributed by atoms with Crippen LogP contribution in [0, 0.1) is 0 Å². The largest absolute Gasteiger partial charge is 0.507 e. The summed E-state index contributed by atoms with van der Waals surface area (Å²) < 4.78 is 5.57. The predicted octanol–water partition coefficient (Wildman–Crippen LogP) is 4.41. The Morgan fingerprint density at radius 2 is 1.76 bits per heavy atom. The molecule has 0 spiro atoms. The van der Waals surface area contributed by atoms with Gasteiger partial charge in [-0.15, -0.1) is 0 Å². The van der Waals surface area contributed by atoms with Crippen LogP contribution in [0.4, 0.5) is 0 Å². The van der Waals surface area contributed by atoms with E-state index in [0.29, 0.717) is 24.5 Å². The Hall–Kier alpha value is -3.38. The highest BCUT2D eigenvalue weighted by Crippen LogP contribution is 2.39. The number of nitrogens with zero attached hydrogens (tertiary/aromatic N) is 2. The maximum atomic E-state index is 13.1. The summed E-state index contributed by atoms with van der Waals surface area (Å²) in [6.07, 6.45) is 2.40. The van der Waals surface area contributed by atoms with Gasteiger partial charge in [0.15, 0.2) is 0 Å². The van der Waals surface area contributed by atoms with Gasteiger partial charge in [-0.25, -0.2) is 0 Å². The van der Waals surface area contributed by atoms with Crippen LogP contribution in [-0.2, 0) is 9.59 Å². The van der Waals surface area contributed by atoms with Crippen LogP contribution < -0.4 is 4.74 Å². The van der Waals surface area contributed by atoms with E-state index in [0.717, 1.165) is 31.6 Å². The van der Waals surface area contributed by atoms with Crippen LogP contribution >= 0.6 is 0 Å². The summed E-state index contributed by atoms with van der Waals surface area (Å²) >= 11 is 0. The lowest BCUT2D eigenvalue weighted by Crippen LogP contribution is -2.33. The van der Waals surface area contributed by atoms with Gasteiger partial charge in [-0.2, -0.15) is 0 Å². The summed E-state index contributed by atoms with van der Waals surface area (Å²) in [5, 5.41) is 11.1. The molecule has 1 aliphatic rings. The van der Waals surface area contributed by atoms with E-state index in [1.165, 1.54) is 0 Å². The van der Waals surface area contributed by atoms with Gasteiger partial charge in [0.1, 0.15) is 18.1 Å². The minimum Gasteiger partial charge on any atom is -0.507 e. The van der Waals surface area contributed by atoms with Crippen molar-refractivity contribution >= 4 is 17.4 Å². The molecule has 1 amide bonds. The second-order valence-corrected chi connectivity index (χ2v) is 7.91. The van der Waals surface area contributed by atoms with Crippen molar-refractivity contribution in [2.45, 2.75) is 26.3 Å². The lowest BCUT2D eigenvalue weighted by molar-refractivity contribution is -0.140. The maximum absolute atomic E-state index is 13.1. The van der Waals surface area contributed by atoms with Crippen LogP contribution in [0.15, 0.2) is 72.8 Å². The van der Waals surface area contributed by atoms with E-state index in [1.54, 1.807) is 47.4 Å². The van der Waals surface area contributed by atoms with Crippen LogP contribution in [0.2, 0.25) is 0 Å². The molecular formula is C27H32N2O4. The minimum atomic E-state index is -0.657. The van der Waals surface area contributed by atoms with Crippen molar-refractivity contribution in [1.82, 2.24) is 9.80 Å². The zero-order valence-corrected chi connectivity index (χ0v) is 19.4. The molecule has 6 nitrogen and oxygen atoms in total. The molecule has 0 aliphatic carbocycles. The smallest absolute Gasteiger partial charge is 0.295 e. The summed E-state index contributed by atoms with van der Waals surface area (Å²) in [7, 11) is 0. The molecule has 2 aromatic rings. The summed E-state index contributed by atoms with van der Waals surface area (Å²) in [5.41, 5.74) is 1.38. The lowest BCUT2D eigenvalue weighted by Gasteiger charge is -2.27.